The first kappa shape index (κ1) is 9.68. The highest BCUT2D eigenvalue weighted by atomic mass is 16.5. The van der Waals surface area contributed by atoms with Crippen LogP contribution in [0, 0.1) is 5.92 Å². The molecule has 0 aliphatic carbocycles. The lowest BCUT2D eigenvalue weighted by molar-refractivity contribution is 0.0470. The number of ether oxygens (including phenoxy) is 1. The van der Waals surface area contributed by atoms with E-state index in [0.717, 1.165) is 31.7 Å². The van der Waals surface area contributed by atoms with Crippen LogP contribution in [0.3, 0.4) is 0 Å². The van der Waals surface area contributed by atoms with Gasteiger partial charge in [0.1, 0.15) is 0 Å². The standard InChI is InChI=1S/C10H16N2O2/c13-7-10-4-11-12(6-10)5-9-2-1-3-14-8-9/h4,6,9,13H,1-3,5,7-8H2/t9-/m0/s1. The highest BCUT2D eigenvalue weighted by molar-refractivity contribution is 5.01. The molecule has 1 aromatic rings. The minimum atomic E-state index is 0.0706. The molecular formula is C10H16N2O2. The Labute approximate surface area is 83.5 Å². The fourth-order valence-corrected chi connectivity index (χ4v) is 1.80. The summed E-state index contributed by atoms with van der Waals surface area (Å²) in [5.41, 5.74) is 0.877. The van der Waals surface area contributed by atoms with Crippen molar-refractivity contribution in [2.75, 3.05) is 13.2 Å². The van der Waals surface area contributed by atoms with Crippen molar-refractivity contribution in [3.05, 3.63) is 18.0 Å². The Morgan fingerprint density at radius 1 is 1.64 bits per heavy atom. The van der Waals surface area contributed by atoms with Crippen LogP contribution in [0.25, 0.3) is 0 Å². The summed E-state index contributed by atoms with van der Waals surface area (Å²) >= 11 is 0. The Kier molecular flexibility index (Phi) is 3.16. The Bertz CT molecular complexity index is 279. The molecule has 1 aliphatic rings. The van der Waals surface area contributed by atoms with Crippen LogP contribution in [0.15, 0.2) is 12.4 Å². The maximum Gasteiger partial charge on any atom is 0.0712 e. The Morgan fingerprint density at radius 2 is 2.57 bits per heavy atom. The molecule has 1 aliphatic heterocycles. The Hall–Kier alpha value is -0.870. The van der Waals surface area contributed by atoms with E-state index in [1.165, 1.54) is 6.42 Å². The lowest BCUT2D eigenvalue weighted by Gasteiger charge is -2.21. The van der Waals surface area contributed by atoms with Crippen molar-refractivity contribution in [3.63, 3.8) is 0 Å². The molecule has 0 radical (unpaired) electrons. The molecule has 2 heterocycles. The number of aromatic nitrogens is 2. The van der Waals surface area contributed by atoms with E-state index in [4.69, 9.17) is 9.84 Å². The van der Waals surface area contributed by atoms with Crippen LogP contribution in [0.4, 0.5) is 0 Å². The Morgan fingerprint density at radius 3 is 3.21 bits per heavy atom. The summed E-state index contributed by atoms with van der Waals surface area (Å²) in [6.07, 6.45) is 5.98. The quantitative estimate of drug-likeness (QED) is 0.778. The van der Waals surface area contributed by atoms with Gasteiger partial charge >= 0.3 is 0 Å². The smallest absolute Gasteiger partial charge is 0.0712 e. The van der Waals surface area contributed by atoms with Gasteiger partial charge in [-0.1, -0.05) is 0 Å². The van der Waals surface area contributed by atoms with E-state index in [-0.39, 0.29) is 6.61 Å². The maximum atomic E-state index is 8.88. The molecule has 4 nitrogen and oxygen atoms in total. The summed E-state index contributed by atoms with van der Waals surface area (Å²) in [5.74, 6) is 0.579. The van der Waals surface area contributed by atoms with Gasteiger partial charge in [-0.2, -0.15) is 5.10 Å². The van der Waals surface area contributed by atoms with Gasteiger partial charge in [-0.05, 0) is 12.8 Å². The van der Waals surface area contributed by atoms with E-state index in [2.05, 4.69) is 5.10 Å². The minimum absolute atomic E-state index is 0.0706. The van der Waals surface area contributed by atoms with Gasteiger partial charge in [0.25, 0.3) is 0 Å². The molecule has 1 N–H and O–H groups in total. The number of rotatable bonds is 3. The second-order valence-corrected chi connectivity index (χ2v) is 3.81. The summed E-state index contributed by atoms with van der Waals surface area (Å²) in [5, 5.41) is 13.1. The maximum absolute atomic E-state index is 8.88. The highest BCUT2D eigenvalue weighted by Crippen LogP contribution is 2.15. The summed E-state index contributed by atoms with van der Waals surface area (Å²) < 4.78 is 7.29. The van der Waals surface area contributed by atoms with E-state index in [9.17, 15) is 0 Å². The normalized spacial score (nSPS) is 22.5. The lowest BCUT2D eigenvalue weighted by atomic mass is 10.0. The molecule has 0 saturated carbocycles. The number of aliphatic hydroxyl groups is 1. The molecule has 0 unspecified atom stereocenters. The predicted molar refractivity (Wildman–Crippen MR) is 51.7 cm³/mol. The molecule has 0 spiro atoms. The first-order valence-corrected chi connectivity index (χ1v) is 5.08. The highest BCUT2D eigenvalue weighted by Gasteiger charge is 2.14. The molecule has 0 bridgehead atoms. The molecular weight excluding hydrogens is 180 g/mol. The molecule has 0 amide bonds. The zero-order valence-electron chi connectivity index (χ0n) is 8.22. The largest absolute Gasteiger partial charge is 0.392 e. The number of hydrogen-bond acceptors (Lipinski definition) is 3. The van der Waals surface area contributed by atoms with E-state index < -0.39 is 0 Å². The number of nitrogens with zero attached hydrogens (tertiary/aromatic N) is 2. The molecule has 4 heteroatoms. The number of aliphatic hydroxyl groups excluding tert-OH is 1. The van der Waals surface area contributed by atoms with E-state index in [1.54, 1.807) is 6.20 Å². The first-order chi connectivity index (χ1) is 6.88. The van der Waals surface area contributed by atoms with Gasteiger partial charge in [0, 0.05) is 30.8 Å². The van der Waals surface area contributed by atoms with E-state index in [0.29, 0.717) is 5.92 Å². The third kappa shape index (κ3) is 2.33. The van der Waals surface area contributed by atoms with Crippen LogP contribution in [0.1, 0.15) is 18.4 Å². The zero-order valence-corrected chi connectivity index (χ0v) is 8.22. The second-order valence-electron chi connectivity index (χ2n) is 3.81. The lowest BCUT2D eigenvalue weighted by Crippen LogP contribution is -2.22. The third-order valence-corrected chi connectivity index (χ3v) is 2.57. The average Bonchev–Trinajstić information content (AvgIpc) is 2.67. The van der Waals surface area contributed by atoms with Crippen LogP contribution >= 0.6 is 0 Å². The fraction of sp³-hybridized carbons (Fsp3) is 0.700. The van der Waals surface area contributed by atoms with Crippen molar-refractivity contribution < 1.29 is 9.84 Å². The second kappa shape index (κ2) is 4.57. The summed E-state index contributed by atoms with van der Waals surface area (Å²) in [4.78, 5) is 0. The van der Waals surface area contributed by atoms with Gasteiger partial charge in [0.2, 0.25) is 0 Å². The molecule has 1 aromatic heterocycles. The van der Waals surface area contributed by atoms with Gasteiger partial charge in [0.15, 0.2) is 0 Å². The van der Waals surface area contributed by atoms with Crippen molar-refractivity contribution in [1.29, 1.82) is 0 Å². The van der Waals surface area contributed by atoms with Gasteiger partial charge in [-0.15, -0.1) is 0 Å². The van der Waals surface area contributed by atoms with E-state index in [1.807, 2.05) is 10.9 Å². The molecule has 0 aromatic carbocycles. The van der Waals surface area contributed by atoms with Gasteiger partial charge in [-0.3, -0.25) is 4.68 Å². The monoisotopic (exact) mass is 196 g/mol. The van der Waals surface area contributed by atoms with Crippen LogP contribution in [0.2, 0.25) is 0 Å². The predicted octanol–water partition coefficient (Wildman–Crippen LogP) is 0.802. The van der Waals surface area contributed by atoms with E-state index >= 15 is 0 Å². The summed E-state index contributed by atoms with van der Waals surface area (Å²) in [6, 6.07) is 0. The molecule has 1 atom stereocenters. The van der Waals surface area contributed by atoms with Crippen molar-refractivity contribution >= 4 is 0 Å². The van der Waals surface area contributed by atoms with Gasteiger partial charge in [-0.25, -0.2) is 0 Å². The molecule has 1 fully saturated rings. The molecule has 1 saturated heterocycles. The van der Waals surface area contributed by atoms with Crippen molar-refractivity contribution in [2.45, 2.75) is 26.0 Å². The molecule has 2 rings (SSSR count). The fourth-order valence-electron chi connectivity index (χ4n) is 1.80. The van der Waals surface area contributed by atoms with Crippen LogP contribution in [-0.4, -0.2) is 28.1 Å². The van der Waals surface area contributed by atoms with Gasteiger partial charge in [0.05, 0.1) is 19.4 Å². The van der Waals surface area contributed by atoms with Crippen LogP contribution in [0.5, 0.6) is 0 Å². The van der Waals surface area contributed by atoms with Crippen molar-refractivity contribution in [3.8, 4) is 0 Å². The summed E-state index contributed by atoms with van der Waals surface area (Å²) in [7, 11) is 0. The zero-order chi connectivity index (χ0) is 9.80. The average molecular weight is 196 g/mol. The van der Waals surface area contributed by atoms with Crippen LogP contribution < -0.4 is 0 Å². The topological polar surface area (TPSA) is 47.3 Å². The van der Waals surface area contributed by atoms with Gasteiger partial charge < -0.3 is 9.84 Å². The molecule has 78 valence electrons. The van der Waals surface area contributed by atoms with Crippen molar-refractivity contribution in [2.24, 2.45) is 5.92 Å². The SMILES string of the molecule is OCc1cnn(C[C@@H]2CCCOC2)c1. The first-order valence-electron chi connectivity index (χ1n) is 5.08. The third-order valence-electron chi connectivity index (χ3n) is 2.57. The molecule has 14 heavy (non-hydrogen) atoms. The summed E-state index contributed by atoms with van der Waals surface area (Å²) in [6.45, 7) is 2.72. The Balaban J connectivity index is 1.89. The minimum Gasteiger partial charge on any atom is -0.392 e. The number of hydrogen-bond donors (Lipinski definition) is 1. The van der Waals surface area contributed by atoms with Crippen molar-refractivity contribution in [1.82, 2.24) is 9.78 Å². The van der Waals surface area contributed by atoms with Crippen LogP contribution in [-0.2, 0) is 17.9 Å².